The lowest BCUT2D eigenvalue weighted by Crippen LogP contribution is -2.39. The number of benzene rings is 1. The van der Waals surface area contributed by atoms with E-state index in [1.165, 1.54) is 31.4 Å². The molecule has 3 rings (SSSR count). The average Bonchev–Trinajstić information content (AvgIpc) is 2.78. The molecule has 2 unspecified atom stereocenters. The summed E-state index contributed by atoms with van der Waals surface area (Å²) in [4.78, 5) is 2.58. The van der Waals surface area contributed by atoms with Gasteiger partial charge in [0.15, 0.2) is 0 Å². The van der Waals surface area contributed by atoms with Gasteiger partial charge >= 0.3 is 0 Å². The topological polar surface area (TPSA) is 24.5 Å². The molecule has 0 aromatic heterocycles. The Morgan fingerprint density at radius 2 is 2.20 bits per heavy atom. The third-order valence-corrected chi connectivity index (χ3v) is 4.65. The second-order valence-electron chi connectivity index (χ2n) is 6.05. The van der Waals surface area contributed by atoms with E-state index in [4.69, 9.17) is 4.74 Å². The molecule has 1 saturated carbocycles. The first-order valence-electron chi connectivity index (χ1n) is 8.03. The Kier molecular flexibility index (Phi) is 4.58. The lowest BCUT2D eigenvalue weighted by atomic mass is 10.0. The highest BCUT2D eigenvalue weighted by atomic mass is 16.5. The zero-order chi connectivity index (χ0) is 13.8. The van der Waals surface area contributed by atoms with Gasteiger partial charge in [0.25, 0.3) is 0 Å². The number of rotatable bonds is 4. The van der Waals surface area contributed by atoms with Crippen molar-refractivity contribution < 1.29 is 4.74 Å². The van der Waals surface area contributed by atoms with Crippen molar-refractivity contribution in [3.63, 3.8) is 0 Å². The zero-order valence-electron chi connectivity index (χ0n) is 12.5. The quantitative estimate of drug-likeness (QED) is 0.913. The molecule has 2 atom stereocenters. The van der Waals surface area contributed by atoms with Gasteiger partial charge in [-0.1, -0.05) is 31.5 Å². The molecule has 1 fully saturated rings. The van der Waals surface area contributed by atoms with Crippen LogP contribution in [0.3, 0.4) is 0 Å². The Labute approximate surface area is 122 Å². The minimum Gasteiger partial charge on any atom is -0.492 e. The van der Waals surface area contributed by atoms with Crippen molar-refractivity contribution in [3.05, 3.63) is 29.8 Å². The largest absolute Gasteiger partial charge is 0.492 e. The molecule has 0 amide bonds. The first-order valence-corrected chi connectivity index (χ1v) is 8.03. The Morgan fingerprint density at radius 1 is 1.30 bits per heavy atom. The van der Waals surface area contributed by atoms with Gasteiger partial charge in [-0.05, 0) is 31.4 Å². The first kappa shape index (κ1) is 13.9. The Morgan fingerprint density at radius 3 is 3.10 bits per heavy atom. The highest BCUT2D eigenvalue weighted by Gasteiger charge is 2.28. The molecule has 1 N–H and O–H groups in total. The third kappa shape index (κ3) is 3.15. The van der Waals surface area contributed by atoms with Crippen LogP contribution in [0.5, 0.6) is 5.75 Å². The van der Waals surface area contributed by atoms with Crippen LogP contribution in [-0.4, -0.2) is 37.2 Å². The van der Waals surface area contributed by atoms with E-state index in [1.54, 1.807) is 0 Å². The van der Waals surface area contributed by atoms with Crippen LogP contribution in [0.25, 0.3) is 0 Å². The second-order valence-corrected chi connectivity index (χ2v) is 6.05. The molecular weight excluding hydrogens is 248 g/mol. The van der Waals surface area contributed by atoms with E-state index < -0.39 is 0 Å². The van der Waals surface area contributed by atoms with Crippen LogP contribution in [0.15, 0.2) is 24.3 Å². The molecule has 1 aromatic rings. The van der Waals surface area contributed by atoms with Gasteiger partial charge in [-0.2, -0.15) is 0 Å². The van der Waals surface area contributed by atoms with Crippen LogP contribution in [0.1, 0.15) is 31.7 Å². The average molecular weight is 274 g/mol. The van der Waals surface area contributed by atoms with Crippen molar-refractivity contribution in [2.45, 2.75) is 38.8 Å². The number of nitrogens with one attached hydrogen (secondary N) is 1. The van der Waals surface area contributed by atoms with Crippen LogP contribution < -0.4 is 10.1 Å². The molecule has 1 aliphatic heterocycles. The molecule has 0 saturated heterocycles. The van der Waals surface area contributed by atoms with E-state index in [9.17, 15) is 0 Å². The lowest BCUT2D eigenvalue weighted by Gasteiger charge is -2.27. The molecule has 0 bridgehead atoms. The number of hydrogen-bond acceptors (Lipinski definition) is 3. The molecule has 1 aliphatic carbocycles. The summed E-state index contributed by atoms with van der Waals surface area (Å²) < 4.78 is 5.86. The zero-order valence-corrected chi connectivity index (χ0v) is 12.5. The number of fused-ring (bicyclic) bond motifs is 1. The van der Waals surface area contributed by atoms with Crippen molar-refractivity contribution in [1.82, 2.24) is 10.2 Å². The van der Waals surface area contributed by atoms with Crippen LogP contribution in [-0.2, 0) is 6.54 Å². The maximum Gasteiger partial charge on any atom is 0.123 e. The standard InChI is InChI=1S/C17H26N2O/c1-2-18-16-8-5-7-14(16)12-19-10-11-20-17-9-4-3-6-15(17)13-19/h3-4,6,9,14,16,18H,2,5,7-8,10-13H2,1H3. The number of nitrogens with zero attached hydrogens (tertiary/aromatic N) is 1. The van der Waals surface area contributed by atoms with E-state index in [2.05, 4.69) is 41.4 Å². The summed E-state index contributed by atoms with van der Waals surface area (Å²) in [5.41, 5.74) is 1.34. The first-order chi connectivity index (χ1) is 9.86. The number of hydrogen-bond donors (Lipinski definition) is 1. The monoisotopic (exact) mass is 274 g/mol. The maximum atomic E-state index is 5.86. The van der Waals surface area contributed by atoms with E-state index in [0.717, 1.165) is 44.0 Å². The number of para-hydroxylation sites is 1. The van der Waals surface area contributed by atoms with Crippen LogP contribution in [0.4, 0.5) is 0 Å². The van der Waals surface area contributed by atoms with Crippen molar-refractivity contribution >= 4 is 0 Å². The van der Waals surface area contributed by atoms with Gasteiger partial charge < -0.3 is 10.1 Å². The summed E-state index contributed by atoms with van der Waals surface area (Å²) in [6.07, 6.45) is 4.10. The van der Waals surface area contributed by atoms with Gasteiger partial charge in [-0.25, -0.2) is 0 Å². The van der Waals surface area contributed by atoms with Crippen LogP contribution in [0.2, 0.25) is 0 Å². The molecule has 3 nitrogen and oxygen atoms in total. The summed E-state index contributed by atoms with van der Waals surface area (Å²) in [6, 6.07) is 9.19. The number of ether oxygens (including phenoxy) is 1. The van der Waals surface area contributed by atoms with Crippen LogP contribution in [0, 0.1) is 5.92 Å². The molecule has 2 aliphatic rings. The molecule has 0 radical (unpaired) electrons. The molecule has 110 valence electrons. The minimum absolute atomic E-state index is 0.722. The molecule has 20 heavy (non-hydrogen) atoms. The van der Waals surface area contributed by atoms with Crippen molar-refractivity contribution in [3.8, 4) is 5.75 Å². The molecule has 1 aromatic carbocycles. The van der Waals surface area contributed by atoms with Crippen LogP contribution >= 0.6 is 0 Å². The summed E-state index contributed by atoms with van der Waals surface area (Å²) in [7, 11) is 0. The fourth-order valence-corrected chi connectivity index (χ4v) is 3.65. The summed E-state index contributed by atoms with van der Waals surface area (Å²) in [5, 5.41) is 3.66. The highest BCUT2D eigenvalue weighted by Crippen LogP contribution is 2.28. The molecule has 0 spiro atoms. The second kappa shape index (κ2) is 6.59. The van der Waals surface area contributed by atoms with E-state index >= 15 is 0 Å². The van der Waals surface area contributed by atoms with Crippen molar-refractivity contribution in [2.24, 2.45) is 5.92 Å². The highest BCUT2D eigenvalue weighted by molar-refractivity contribution is 5.33. The van der Waals surface area contributed by atoms with E-state index in [0.29, 0.717) is 0 Å². The maximum absolute atomic E-state index is 5.86. The smallest absolute Gasteiger partial charge is 0.123 e. The van der Waals surface area contributed by atoms with E-state index in [-0.39, 0.29) is 0 Å². The summed E-state index contributed by atoms with van der Waals surface area (Å²) in [6.45, 7) is 7.40. The molecule has 3 heteroatoms. The predicted octanol–water partition coefficient (Wildman–Crippen LogP) is 2.66. The summed E-state index contributed by atoms with van der Waals surface area (Å²) >= 11 is 0. The van der Waals surface area contributed by atoms with E-state index in [1.807, 2.05) is 0 Å². The lowest BCUT2D eigenvalue weighted by molar-refractivity contribution is 0.187. The third-order valence-electron chi connectivity index (χ3n) is 4.65. The predicted molar refractivity (Wildman–Crippen MR) is 82.0 cm³/mol. The van der Waals surface area contributed by atoms with Gasteiger partial charge in [0.05, 0.1) is 0 Å². The molecular formula is C17H26N2O. The summed E-state index contributed by atoms with van der Waals surface area (Å²) in [5.74, 6) is 1.88. The van der Waals surface area contributed by atoms with Crippen molar-refractivity contribution in [2.75, 3.05) is 26.2 Å². The fourth-order valence-electron chi connectivity index (χ4n) is 3.65. The minimum atomic E-state index is 0.722. The SMILES string of the molecule is CCNC1CCCC1CN1CCOc2ccccc2C1. The van der Waals surface area contributed by atoms with Crippen molar-refractivity contribution in [1.29, 1.82) is 0 Å². The Balaban J connectivity index is 1.63. The fraction of sp³-hybridized carbons (Fsp3) is 0.647. The van der Waals surface area contributed by atoms with Gasteiger partial charge in [0.2, 0.25) is 0 Å². The normalized spacial score (nSPS) is 26.9. The van der Waals surface area contributed by atoms with Gasteiger partial charge in [0.1, 0.15) is 12.4 Å². The Bertz CT molecular complexity index is 435. The van der Waals surface area contributed by atoms with Gasteiger partial charge in [-0.15, -0.1) is 0 Å². The van der Waals surface area contributed by atoms with Gasteiger partial charge in [-0.3, -0.25) is 4.90 Å². The molecule has 1 heterocycles. The van der Waals surface area contributed by atoms with Gasteiger partial charge in [0, 0.05) is 31.2 Å². The Hall–Kier alpha value is -1.06.